The van der Waals surface area contributed by atoms with E-state index in [1.807, 2.05) is 17.8 Å². The Morgan fingerprint density at radius 1 is 1.69 bits per heavy atom. The van der Waals surface area contributed by atoms with Crippen molar-refractivity contribution >= 4 is 5.95 Å². The number of aromatic nitrogens is 2. The molecule has 0 saturated carbocycles. The van der Waals surface area contributed by atoms with Gasteiger partial charge in [-0.3, -0.25) is 0 Å². The van der Waals surface area contributed by atoms with E-state index < -0.39 is 0 Å². The second-order valence-corrected chi connectivity index (χ2v) is 3.19. The van der Waals surface area contributed by atoms with Crippen LogP contribution in [0.1, 0.15) is 19.8 Å². The Balaban J connectivity index is 2.51. The van der Waals surface area contributed by atoms with Crippen molar-refractivity contribution in [3.8, 4) is 0 Å². The molecule has 0 bridgehead atoms. The average Bonchev–Trinajstić information content (AvgIpc) is 2.51. The second-order valence-electron chi connectivity index (χ2n) is 3.19. The Morgan fingerprint density at radius 2 is 2.46 bits per heavy atom. The summed E-state index contributed by atoms with van der Waals surface area (Å²) in [5.41, 5.74) is 5.50. The largest absolute Gasteiger partial charge is 0.353 e. The number of nitrogens with two attached hydrogens (primary N) is 1. The zero-order valence-corrected chi connectivity index (χ0v) is 8.33. The summed E-state index contributed by atoms with van der Waals surface area (Å²) < 4.78 is 1.97. The Hall–Kier alpha value is -1.03. The summed E-state index contributed by atoms with van der Waals surface area (Å²) >= 11 is 0. The van der Waals surface area contributed by atoms with Gasteiger partial charge in [-0.1, -0.05) is 6.92 Å². The highest BCUT2D eigenvalue weighted by molar-refractivity contribution is 5.26. The van der Waals surface area contributed by atoms with Crippen molar-refractivity contribution in [1.82, 2.24) is 9.55 Å². The van der Waals surface area contributed by atoms with E-state index in [0.29, 0.717) is 6.04 Å². The van der Waals surface area contributed by atoms with Gasteiger partial charge in [0, 0.05) is 25.5 Å². The minimum absolute atomic E-state index is 0.436. The van der Waals surface area contributed by atoms with Crippen molar-refractivity contribution in [2.75, 3.05) is 11.9 Å². The number of nitrogens with one attached hydrogen (secondary N) is 1. The summed E-state index contributed by atoms with van der Waals surface area (Å²) in [6, 6.07) is 0.436. The maximum Gasteiger partial charge on any atom is 0.202 e. The molecule has 0 aromatic carbocycles. The molecule has 1 heterocycles. The highest BCUT2D eigenvalue weighted by Crippen LogP contribution is 2.07. The molecule has 1 atom stereocenters. The van der Waals surface area contributed by atoms with E-state index in [1.165, 1.54) is 0 Å². The predicted molar refractivity (Wildman–Crippen MR) is 54.6 cm³/mol. The van der Waals surface area contributed by atoms with Gasteiger partial charge in [-0.2, -0.15) is 0 Å². The molecule has 1 unspecified atom stereocenters. The van der Waals surface area contributed by atoms with Gasteiger partial charge >= 0.3 is 0 Å². The summed E-state index contributed by atoms with van der Waals surface area (Å²) in [6.45, 7) is 2.87. The van der Waals surface area contributed by atoms with Gasteiger partial charge in [0.2, 0.25) is 5.95 Å². The van der Waals surface area contributed by atoms with Crippen molar-refractivity contribution < 1.29 is 0 Å². The zero-order valence-electron chi connectivity index (χ0n) is 8.33. The smallest absolute Gasteiger partial charge is 0.202 e. The van der Waals surface area contributed by atoms with Crippen LogP contribution in [0.2, 0.25) is 0 Å². The van der Waals surface area contributed by atoms with E-state index in [0.717, 1.165) is 25.3 Å². The molecule has 1 aromatic heterocycles. The summed E-state index contributed by atoms with van der Waals surface area (Å²) in [6.07, 6.45) is 5.78. The van der Waals surface area contributed by atoms with Gasteiger partial charge in [-0.25, -0.2) is 4.98 Å². The number of hydrogen-bond acceptors (Lipinski definition) is 3. The first kappa shape index (κ1) is 10.1. The van der Waals surface area contributed by atoms with Crippen LogP contribution in [0.25, 0.3) is 0 Å². The minimum atomic E-state index is 0.436. The molecule has 0 radical (unpaired) electrons. The molecule has 13 heavy (non-hydrogen) atoms. The number of hydrogen-bond donors (Lipinski definition) is 2. The van der Waals surface area contributed by atoms with Gasteiger partial charge in [0.15, 0.2) is 0 Å². The van der Waals surface area contributed by atoms with Gasteiger partial charge < -0.3 is 15.6 Å². The standard InChI is InChI=1S/C9H18N4/c1-3-8(4-5-10)12-9-11-6-7-13(9)2/h6-8H,3-5,10H2,1-2H3,(H,11,12). The summed E-state index contributed by atoms with van der Waals surface area (Å²) in [5, 5.41) is 3.35. The molecule has 1 aromatic rings. The van der Waals surface area contributed by atoms with Crippen molar-refractivity contribution in [2.24, 2.45) is 12.8 Å². The third-order valence-electron chi connectivity index (χ3n) is 2.16. The van der Waals surface area contributed by atoms with Crippen LogP contribution in [0.5, 0.6) is 0 Å². The maximum absolute atomic E-state index is 5.50. The van der Waals surface area contributed by atoms with Gasteiger partial charge in [0.05, 0.1) is 0 Å². The lowest BCUT2D eigenvalue weighted by Gasteiger charge is -2.16. The molecule has 0 fully saturated rings. The SMILES string of the molecule is CCC(CCN)Nc1nccn1C. The maximum atomic E-state index is 5.50. The van der Waals surface area contributed by atoms with Crippen molar-refractivity contribution in [2.45, 2.75) is 25.8 Å². The Bertz CT molecular complexity index is 244. The zero-order chi connectivity index (χ0) is 9.68. The molecule has 1 rings (SSSR count). The average molecular weight is 182 g/mol. The van der Waals surface area contributed by atoms with E-state index in [9.17, 15) is 0 Å². The number of anilines is 1. The Kier molecular flexibility index (Phi) is 3.76. The topological polar surface area (TPSA) is 55.9 Å². The van der Waals surface area contributed by atoms with E-state index >= 15 is 0 Å². The van der Waals surface area contributed by atoms with Crippen molar-refractivity contribution in [3.63, 3.8) is 0 Å². The third-order valence-corrected chi connectivity index (χ3v) is 2.16. The molecule has 0 aliphatic heterocycles. The van der Waals surface area contributed by atoms with Crippen LogP contribution >= 0.6 is 0 Å². The van der Waals surface area contributed by atoms with Crippen LogP contribution in [0.3, 0.4) is 0 Å². The lowest BCUT2D eigenvalue weighted by atomic mass is 10.1. The van der Waals surface area contributed by atoms with Crippen LogP contribution in [0.15, 0.2) is 12.4 Å². The van der Waals surface area contributed by atoms with Crippen molar-refractivity contribution in [3.05, 3.63) is 12.4 Å². The molecular weight excluding hydrogens is 164 g/mol. The molecule has 0 aliphatic rings. The molecular formula is C9H18N4. The summed E-state index contributed by atoms with van der Waals surface area (Å²) in [5.74, 6) is 0.917. The summed E-state index contributed by atoms with van der Waals surface area (Å²) in [7, 11) is 1.98. The molecule has 4 nitrogen and oxygen atoms in total. The number of nitrogens with zero attached hydrogens (tertiary/aromatic N) is 2. The van der Waals surface area contributed by atoms with E-state index in [2.05, 4.69) is 17.2 Å². The number of imidazole rings is 1. The van der Waals surface area contributed by atoms with E-state index in [-0.39, 0.29) is 0 Å². The van der Waals surface area contributed by atoms with Crippen LogP contribution in [0, 0.1) is 0 Å². The van der Waals surface area contributed by atoms with Gasteiger partial charge in [-0.05, 0) is 19.4 Å². The second kappa shape index (κ2) is 4.87. The molecule has 0 spiro atoms. The van der Waals surface area contributed by atoms with E-state index in [4.69, 9.17) is 5.73 Å². The van der Waals surface area contributed by atoms with Crippen LogP contribution in [-0.4, -0.2) is 22.1 Å². The first-order chi connectivity index (χ1) is 6.27. The number of rotatable bonds is 5. The van der Waals surface area contributed by atoms with Crippen LogP contribution in [-0.2, 0) is 7.05 Å². The van der Waals surface area contributed by atoms with Crippen LogP contribution < -0.4 is 11.1 Å². The summed E-state index contributed by atoms with van der Waals surface area (Å²) in [4.78, 5) is 4.20. The van der Waals surface area contributed by atoms with Crippen molar-refractivity contribution in [1.29, 1.82) is 0 Å². The quantitative estimate of drug-likeness (QED) is 0.713. The van der Waals surface area contributed by atoms with Gasteiger partial charge in [-0.15, -0.1) is 0 Å². The molecule has 74 valence electrons. The fourth-order valence-corrected chi connectivity index (χ4v) is 1.27. The normalized spacial score (nSPS) is 12.8. The predicted octanol–water partition coefficient (Wildman–Crippen LogP) is 0.959. The molecule has 0 amide bonds. The first-order valence-corrected chi connectivity index (χ1v) is 4.71. The lowest BCUT2D eigenvalue weighted by Crippen LogP contribution is -2.23. The highest BCUT2D eigenvalue weighted by atomic mass is 15.2. The highest BCUT2D eigenvalue weighted by Gasteiger charge is 2.06. The molecule has 0 saturated heterocycles. The van der Waals surface area contributed by atoms with Gasteiger partial charge in [0.1, 0.15) is 0 Å². The van der Waals surface area contributed by atoms with Gasteiger partial charge in [0.25, 0.3) is 0 Å². The molecule has 4 heteroatoms. The fourth-order valence-electron chi connectivity index (χ4n) is 1.27. The molecule has 0 aliphatic carbocycles. The third kappa shape index (κ3) is 2.73. The van der Waals surface area contributed by atoms with Crippen LogP contribution in [0.4, 0.5) is 5.95 Å². The lowest BCUT2D eigenvalue weighted by molar-refractivity contribution is 0.632. The van der Waals surface area contributed by atoms with E-state index in [1.54, 1.807) is 6.20 Å². The Labute approximate surface area is 79.1 Å². The minimum Gasteiger partial charge on any atom is -0.353 e. The number of aryl methyl sites for hydroxylation is 1. The Morgan fingerprint density at radius 3 is 2.92 bits per heavy atom. The monoisotopic (exact) mass is 182 g/mol. The fraction of sp³-hybridized carbons (Fsp3) is 0.667. The first-order valence-electron chi connectivity index (χ1n) is 4.71. The molecule has 3 N–H and O–H groups in total.